The molecule has 0 fully saturated rings. The van der Waals surface area contributed by atoms with Crippen LogP contribution in [0.2, 0.25) is 0 Å². The molecule has 0 aliphatic heterocycles. The van der Waals surface area contributed by atoms with Crippen molar-refractivity contribution in [2.24, 2.45) is 5.73 Å². The van der Waals surface area contributed by atoms with E-state index in [4.69, 9.17) is 10.5 Å². The van der Waals surface area contributed by atoms with Crippen LogP contribution >= 0.6 is 0 Å². The van der Waals surface area contributed by atoms with Crippen LogP contribution in [-0.2, 0) is 0 Å². The Balaban J connectivity index is 2.47. The molecule has 2 aromatic rings. The first kappa shape index (κ1) is 13.6. The number of rotatable bonds is 3. The van der Waals surface area contributed by atoms with E-state index in [0.29, 0.717) is 5.56 Å². The summed E-state index contributed by atoms with van der Waals surface area (Å²) in [5, 5.41) is 0. The Kier molecular flexibility index (Phi) is 3.86. The molecule has 100 valence electrons. The molecule has 0 spiro atoms. The van der Waals surface area contributed by atoms with Gasteiger partial charge in [-0.1, -0.05) is 35.9 Å². The van der Waals surface area contributed by atoms with E-state index < -0.39 is 11.9 Å². The maximum absolute atomic E-state index is 14.2. The Labute approximate surface area is 113 Å². The van der Waals surface area contributed by atoms with Crippen molar-refractivity contribution in [2.75, 3.05) is 7.11 Å². The number of hydrogen-bond acceptors (Lipinski definition) is 2. The molecule has 0 bridgehead atoms. The summed E-state index contributed by atoms with van der Waals surface area (Å²) >= 11 is 0. The van der Waals surface area contributed by atoms with Crippen molar-refractivity contribution < 1.29 is 9.13 Å². The van der Waals surface area contributed by atoms with Gasteiger partial charge in [0.05, 0.1) is 13.2 Å². The summed E-state index contributed by atoms with van der Waals surface area (Å²) in [5.74, 6) is -0.171. The van der Waals surface area contributed by atoms with Gasteiger partial charge in [-0.3, -0.25) is 0 Å². The molecule has 0 saturated carbocycles. The number of benzene rings is 2. The van der Waals surface area contributed by atoms with Crippen LogP contribution in [0.25, 0.3) is 0 Å². The topological polar surface area (TPSA) is 35.2 Å². The van der Waals surface area contributed by atoms with E-state index in [1.807, 2.05) is 32.0 Å². The highest BCUT2D eigenvalue weighted by Crippen LogP contribution is 2.29. The van der Waals surface area contributed by atoms with Gasteiger partial charge < -0.3 is 10.5 Å². The first-order chi connectivity index (χ1) is 9.04. The van der Waals surface area contributed by atoms with Crippen LogP contribution in [0.15, 0.2) is 36.4 Å². The molecule has 2 aromatic carbocycles. The highest BCUT2D eigenvalue weighted by Gasteiger charge is 2.18. The number of halogens is 1. The molecule has 0 aliphatic rings. The molecule has 2 nitrogen and oxygen atoms in total. The van der Waals surface area contributed by atoms with Gasteiger partial charge >= 0.3 is 0 Å². The molecule has 0 aliphatic carbocycles. The number of methoxy groups -OCH3 is 1. The standard InChI is InChI=1S/C16H18FNO/c1-10-7-8-12(11(2)9-10)16(18)13-5-4-6-14(19-3)15(13)17/h4-9,16H,18H2,1-3H3. The Hall–Kier alpha value is -1.87. The second kappa shape index (κ2) is 5.41. The lowest BCUT2D eigenvalue weighted by atomic mass is 9.94. The summed E-state index contributed by atoms with van der Waals surface area (Å²) in [6.07, 6.45) is 0. The number of aryl methyl sites for hydroxylation is 2. The van der Waals surface area contributed by atoms with Gasteiger partial charge in [-0.05, 0) is 31.0 Å². The Morgan fingerprint density at radius 3 is 2.47 bits per heavy atom. The highest BCUT2D eigenvalue weighted by molar-refractivity contribution is 5.41. The fourth-order valence-corrected chi connectivity index (χ4v) is 2.27. The second-order valence-electron chi connectivity index (χ2n) is 4.70. The molecule has 0 amide bonds. The van der Waals surface area contributed by atoms with Crippen molar-refractivity contribution in [1.29, 1.82) is 0 Å². The third-order valence-electron chi connectivity index (χ3n) is 3.31. The lowest BCUT2D eigenvalue weighted by Gasteiger charge is -2.17. The summed E-state index contributed by atoms with van der Waals surface area (Å²) in [6.45, 7) is 4.01. The largest absolute Gasteiger partial charge is 0.494 e. The SMILES string of the molecule is COc1cccc(C(N)c2ccc(C)cc2C)c1F. The maximum Gasteiger partial charge on any atom is 0.170 e. The third kappa shape index (κ3) is 2.61. The molecule has 19 heavy (non-hydrogen) atoms. The smallest absolute Gasteiger partial charge is 0.170 e. The van der Waals surface area contributed by atoms with Crippen LogP contribution in [0.4, 0.5) is 4.39 Å². The monoisotopic (exact) mass is 259 g/mol. The molecule has 1 atom stereocenters. The van der Waals surface area contributed by atoms with Gasteiger partial charge in [-0.25, -0.2) is 4.39 Å². The normalized spacial score (nSPS) is 12.3. The summed E-state index contributed by atoms with van der Waals surface area (Å²) in [4.78, 5) is 0. The van der Waals surface area contributed by atoms with E-state index in [2.05, 4.69) is 0 Å². The quantitative estimate of drug-likeness (QED) is 0.915. The summed E-state index contributed by atoms with van der Waals surface area (Å²) in [5.41, 5.74) is 9.81. The van der Waals surface area contributed by atoms with Gasteiger partial charge in [0.2, 0.25) is 0 Å². The van der Waals surface area contributed by atoms with Crippen LogP contribution in [0, 0.1) is 19.7 Å². The van der Waals surface area contributed by atoms with E-state index in [-0.39, 0.29) is 5.75 Å². The minimum Gasteiger partial charge on any atom is -0.494 e. The first-order valence-corrected chi connectivity index (χ1v) is 6.19. The van der Waals surface area contributed by atoms with Gasteiger partial charge in [0.15, 0.2) is 11.6 Å². The third-order valence-corrected chi connectivity index (χ3v) is 3.31. The minimum atomic E-state index is -0.490. The van der Waals surface area contributed by atoms with Crippen LogP contribution in [0.1, 0.15) is 28.3 Å². The lowest BCUT2D eigenvalue weighted by Crippen LogP contribution is -2.15. The number of ether oxygens (including phenoxy) is 1. The van der Waals surface area contributed by atoms with Gasteiger partial charge in [0, 0.05) is 5.56 Å². The van der Waals surface area contributed by atoms with E-state index in [1.54, 1.807) is 18.2 Å². The number of hydrogen-bond donors (Lipinski definition) is 1. The lowest BCUT2D eigenvalue weighted by molar-refractivity contribution is 0.383. The zero-order valence-electron chi connectivity index (χ0n) is 11.4. The predicted octanol–water partition coefficient (Wildman–Crippen LogP) is 3.50. The predicted molar refractivity (Wildman–Crippen MR) is 74.9 cm³/mol. The van der Waals surface area contributed by atoms with Gasteiger partial charge in [-0.2, -0.15) is 0 Å². The maximum atomic E-state index is 14.2. The molecule has 3 heteroatoms. The van der Waals surface area contributed by atoms with E-state index in [9.17, 15) is 4.39 Å². The molecule has 2 N–H and O–H groups in total. The average Bonchev–Trinajstić information content (AvgIpc) is 2.38. The Morgan fingerprint density at radius 2 is 1.84 bits per heavy atom. The first-order valence-electron chi connectivity index (χ1n) is 6.19. The molecule has 0 heterocycles. The second-order valence-corrected chi connectivity index (χ2v) is 4.70. The van der Waals surface area contributed by atoms with Gasteiger partial charge in [0.25, 0.3) is 0 Å². The van der Waals surface area contributed by atoms with E-state index in [1.165, 1.54) is 12.7 Å². The highest BCUT2D eigenvalue weighted by atomic mass is 19.1. The molecule has 0 saturated heterocycles. The molecular weight excluding hydrogens is 241 g/mol. The molecule has 0 aromatic heterocycles. The van der Waals surface area contributed by atoms with Gasteiger partial charge in [0.1, 0.15) is 0 Å². The van der Waals surface area contributed by atoms with Crippen molar-refractivity contribution in [2.45, 2.75) is 19.9 Å². The summed E-state index contributed by atoms with van der Waals surface area (Å²) in [6, 6.07) is 10.5. The van der Waals surface area contributed by atoms with Crippen LogP contribution in [0.5, 0.6) is 5.75 Å². The van der Waals surface area contributed by atoms with Crippen molar-refractivity contribution in [3.05, 3.63) is 64.5 Å². The van der Waals surface area contributed by atoms with E-state index >= 15 is 0 Å². The molecule has 0 radical (unpaired) electrons. The van der Waals surface area contributed by atoms with Crippen molar-refractivity contribution >= 4 is 0 Å². The Morgan fingerprint density at radius 1 is 1.11 bits per heavy atom. The molecule has 1 unspecified atom stereocenters. The fraction of sp³-hybridized carbons (Fsp3) is 0.250. The summed E-state index contributed by atoms with van der Waals surface area (Å²) in [7, 11) is 1.45. The van der Waals surface area contributed by atoms with Crippen LogP contribution in [-0.4, -0.2) is 7.11 Å². The Bertz CT molecular complexity index is 595. The number of nitrogens with two attached hydrogens (primary N) is 1. The van der Waals surface area contributed by atoms with Crippen LogP contribution in [0.3, 0.4) is 0 Å². The van der Waals surface area contributed by atoms with Crippen molar-refractivity contribution in [1.82, 2.24) is 0 Å². The zero-order chi connectivity index (χ0) is 14.0. The van der Waals surface area contributed by atoms with E-state index in [0.717, 1.165) is 11.1 Å². The zero-order valence-corrected chi connectivity index (χ0v) is 11.4. The molecular formula is C16H18FNO. The van der Waals surface area contributed by atoms with Crippen molar-refractivity contribution in [3.8, 4) is 5.75 Å². The fourth-order valence-electron chi connectivity index (χ4n) is 2.27. The van der Waals surface area contributed by atoms with Gasteiger partial charge in [-0.15, -0.1) is 0 Å². The summed E-state index contributed by atoms with van der Waals surface area (Å²) < 4.78 is 19.2. The van der Waals surface area contributed by atoms with Crippen molar-refractivity contribution in [3.63, 3.8) is 0 Å². The average molecular weight is 259 g/mol. The van der Waals surface area contributed by atoms with Crippen LogP contribution < -0.4 is 10.5 Å². The minimum absolute atomic E-state index is 0.220. The molecule has 2 rings (SSSR count).